The molecule has 5 aromatic rings. The molecule has 1 amide bonds. The molecule has 9 nitrogen and oxygen atoms in total. The summed E-state index contributed by atoms with van der Waals surface area (Å²) in [4.78, 5) is 38.1. The van der Waals surface area contributed by atoms with Gasteiger partial charge in [0, 0.05) is 6.20 Å². The lowest BCUT2D eigenvalue weighted by Gasteiger charge is -2.23. The summed E-state index contributed by atoms with van der Waals surface area (Å²) < 4.78 is 13.7. The highest BCUT2D eigenvalue weighted by atomic mass is 32.1. The number of imidazole rings is 1. The quantitative estimate of drug-likeness (QED) is 0.116. The van der Waals surface area contributed by atoms with Crippen LogP contribution in [0.4, 0.5) is 5.13 Å². The van der Waals surface area contributed by atoms with E-state index >= 15 is 0 Å². The smallest absolute Gasteiger partial charge is 0.301 e. The van der Waals surface area contributed by atoms with Crippen LogP contribution in [-0.4, -0.2) is 44.9 Å². The van der Waals surface area contributed by atoms with Crippen LogP contribution in [0.15, 0.2) is 79.0 Å². The monoisotopic (exact) mass is 566 g/mol. The molecule has 10 heteroatoms. The van der Waals surface area contributed by atoms with Crippen LogP contribution in [0.2, 0.25) is 0 Å². The average molecular weight is 567 g/mol. The number of nitrogens with zero attached hydrogens (tertiary/aromatic N) is 4. The molecule has 1 atom stereocenters. The van der Waals surface area contributed by atoms with Gasteiger partial charge in [-0.25, -0.2) is 9.97 Å². The summed E-state index contributed by atoms with van der Waals surface area (Å²) in [5.41, 5.74) is 3.58. The molecule has 1 aliphatic rings. The summed E-state index contributed by atoms with van der Waals surface area (Å²) in [5.74, 6) is -0.790. The molecule has 206 valence electrons. The number of ether oxygens (including phenoxy) is 2. The number of aliphatic hydroxyl groups excluding tert-OH is 1. The number of carbonyl (C=O) groups is 2. The molecule has 0 spiro atoms. The summed E-state index contributed by atoms with van der Waals surface area (Å²) >= 11 is 1.26. The number of amides is 1. The van der Waals surface area contributed by atoms with Crippen LogP contribution in [0.1, 0.15) is 28.6 Å². The van der Waals surface area contributed by atoms with Crippen molar-refractivity contribution >= 4 is 49.8 Å². The van der Waals surface area contributed by atoms with Gasteiger partial charge >= 0.3 is 5.91 Å². The molecule has 0 saturated carbocycles. The third-order valence-corrected chi connectivity index (χ3v) is 8.10. The number of methoxy groups -OCH3 is 1. The Labute approximate surface area is 239 Å². The van der Waals surface area contributed by atoms with Gasteiger partial charge < -0.3 is 19.0 Å². The standard InChI is InChI=1S/C31H26N4O5S/c1-5-14-40-21-10-6-9-19(15-21)26-24(27(36)25-18(3)34-13-7-8-17(2)29(34)33-25)28(37)30(38)35(26)31-32-22-12-11-20(39-4)16-23(22)41-31/h5-13,15-16,26,36H,1,14H2,2-4H3. The number of carbonyl (C=O) groups excluding carboxylic acids is 2. The number of pyridine rings is 1. The van der Waals surface area contributed by atoms with Crippen molar-refractivity contribution in [2.45, 2.75) is 19.9 Å². The third kappa shape index (κ3) is 4.33. The fourth-order valence-corrected chi connectivity index (χ4v) is 6.09. The third-order valence-electron chi connectivity index (χ3n) is 7.08. The first kappa shape index (κ1) is 26.3. The van der Waals surface area contributed by atoms with E-state index in [0.29, 0.717) is 39.1 Å². The van der Waals surface area contributed by atoms with Crippen molar-refractivity contribution in [3.63, 3.8) is 0 Å². The molecule has 3 aromatic heterocycles. The Hall–Kier alpha value is -4.96. The number of ketones is 1. The van der Waals surface area contributed by atoms with Crippen molar-refractivity contribution in [1.82, 2.24) is 14.4 Å². The van der Waals surface area contributed by atoms with Gasteiger partial charge in [0.15, 0.2) is 10.9 Å². The molecule has 0 radical (unpaired) electrons. The predicted octanol–water partition coefficient (Wildman–Crippen LogP) is 5.76. The number of hydrogen-bond acceptors (Lipinski definition) is 8. The minimum Gasteiger partial charge on any atom is -0.505 e. The van der Waals surface area contributed by atoms with E-state index in [1.165, 1.54) is 16.2 Å². The molecule has 1 saturated heterocycles. The van der Waals surface area contributed by atoms with E-state index < -0.39 is 17.7 Å². The number of thiazole rings is 1. The number of aromatic nitrogens is 3. The molecule has 4 heterocycles. The molecule has 0 bridgehead atoms. The number of benzene rings is 2. The van der Waals surface area contributed by atoms with Crippen molar-refractivity contribution in [3.05, 3.63) is 102 Å². The Morgan fingerprint density at radius 3 is 2.68 bits per heavy atom. The number of aryl methyl sites for hydroxylation is 2. The molecular weight excluding hydrogens is 540 g/mol. The SMILES string of the molecule is C=CCOc1cccc(C2C(=C(O)c3nc4c(C)cccn4c3C)C(=O)C(=O)N2c2nc3ccc(OC)cc3s2)c1. The largest absolute Gasteiger partial charge is 0.505 e. The number of rotatable bonds is 7. The van der Waals surface area contributed by atoms with Crippen LogP contribution in [0.5, 0.6) is 11.5 Å². The lowest BCUT2D eigenvalue weighted by atomic mass is 9.96. The maximum Gasteiger partial charge on any atom is 0.301 e. The number of hydrogen-bond donors (Lipinski definition) is 1. The summed E-state index contributed by atoms with van der Waals surface area (Å²) in [5, 5.41) is 12.0. The normalized spacial score (nSPS) is 16.6. The molecule has 41 heavy (non-hydrogen) atoms. The van der Waals surface area contributed by atoms with E-state index in [4.69, 9.17) is 9.47 Å². The van der Waals surface area contributed by atoms with Crippen molar-refractivity contribution in [2.24, 2.45) is 0 Å². The molecule has 0 aliphatic carbocycles. The average Bonchev–Trinajstić information content (AvgIpc) is 3.63. The van der Waals surface area contributed by atoms with Crippen molar-refractivity contribution < 1.29 is 24.2 Å². The first-order valence-electron chi connectivity index (χ1n) is 12.9. The summed E-state index contributed by atoms with van der Waals surface area (Å²) in [6.07, 6.45) is 3.47. The Morgan fingerprint density at radius 1 is 1.10 bits per heavy atom. The minimum absolute atomic E-state index is 0.0723. The molecular formula is C31H26N4O5S. The lowest BCUT2D eigenvalue weighted by molar-refractivity contribution is -0.132. The zero-order valence-corrected chi connectivity index (χ0v) is 23.4. The van der Waals surface area contributed by atoms with Crippen LogP contribution < -0.4 is 14.4 Å². The molecule has 1 aliphatic heterocycles. The summed E-state index contributed by atoms with van der Waals surface area (Å²) in [6.45, 7) is 7.70. The minimum atomic E-state index is -0.977. The van der Waals surface area contributed by atoms with Crippen molar-refractivity contribution in [3.8, 4) is 11.5 Å². The maximum absolute atomic E-state index is 13.7. The van der Waals surface area contributed by atoms with Crippen LogP contribution in [0.25, 0.3) is 21.6 Å². The van der Waals surface area contributed by atoms with Gasteiger partial charge in [-0.2, -0.15) is 0 Å². The van der Waals surface area contributed by atoms with E-state index in [0.717, 1.165) is 10.3 Å². The first-order valence-corrected chi connectivity index (χ1v) is 13.7. The number of fused-ring (bicyclic) bond motifs is 2. The molecule has 2 aromatic carbocycles. The number of anilines is 1. The zero-order chi connectivity index (χ0) is 28.8. The van der Waals surface area contributed by atoms with E-state index in [1.54, 1.807) is 49.6 Å². The second kappa shape index (κ2) is 10.2. The Kier molecular flexibility index (Phi) is 6.55. The van der Waals surface area contributed by atoms with Gasteiger partial charge in [-0.15, -0.1) is 0 Å². The van der Waals surface area contributed by atoms with Crippen LogP contribution in [0.3, 0.4) is 0 Å². The van der Waals surface area contributed by atoms with Gasteiger partial charge in [0.1, 0.15) is 29.4 Å². The second-order valence-electron chi connectivity index (χ2n) is 9.60. The van der Waals surface area contributed by atoms with Gasteiger partial charge in [-0.05, 0) is 61.4 Å². The Morgan fingerprint density at radius 2 is 1.93 bits per heavy atom. The number of Topliss-reactive ketones (excluding diaryl/α,β-unsaturated/α-hetero) is 1. The Balaban J connectivity index is 1.58. The predicted molar refractivity (Wildman–Crippen MR) is 158 cm³/mol. The first-order chi connectivity index (χ1) is 19.8. The Bertz CT molecular complexity index is 1900. The van der Waals surface area contributed by atoms with Gasteiger partial charge in [-0.1, -0.05) is 42.2 Å². The van der Waals surface area contributed by atoms with E-state index in [1.807, 2.05) is 42.6 Å². The van der Waals surface area contributed by atoms with Crippen LogP contribution >= 0.6 is 11.3 Å². The molecule has 6 rings (SSSR count). The highest BCUT2D eigenvalue weighted by molar-refractivity contribution is 7.22. The van der Waals surface area contributed by atoms with Crippen molar-refractivity contribution in [1.29, 1.82) is 0 Å². The van der Waals surface area contributed by atoms with Crippen LogP contribution in [-0.2, 0) is 9.59 Å². The highest BCUT2D eigenvalue weighted by Gasteiger charge is 2.48. The van der Waals surface area contributed by atoms with Crippen molar-refractivity contribution in [2.75, 3.05) is 18.6 Å². The van der Waals surface area contributed by atoms with Gasteiger partial charge in [-0.3, -0.25) is 14.5 Å². The number of aliphatic hydroxyl groups is 1. The van der Waals surface area contributed by atoms with E-state index in [-0.39, 0.29) is 23.6 Å². The van der Waals surface area contributed by atoms with Crippen LogP contribution in [0, 0.1) is 13.8 Å². The topological polar surface area (TPSA) is 106 Å². The van der Waals surface area contributed by atoms with Gasteiger partial charge in [0.25, 0.3) is 5.78 Å². The van der Waals surface area contributed by atoms with Gasteiger partial charge in [0.05, 0.1) is 34.6 Å². The fraction of sp³-hybridized carbons (Fsp3) is 0.161. The van der Waals surface area contributed by atoms with Gasteiger partial charge in [0.2, 0.25) is 0 Å². The maximum atomic E-state index is 13.7. The molecule has 1 fully saturated rings. The highest BCUT2D eigenvalue weighted by Crippen LogP contribution is 2.45. The fourth-order valence-electron chi connectivity index (χ4n) is 5.07. The summed E-state index contributed by atoms with van der Waals surface area (Å²) in [6, 6.07) is 15.3. The second-order valence-corrected chi connectivity index (χ2v) is 10.6. The molecule has 1 N–H and O–H groups in total. The summed E-state index contributed by atoms with van der Waals surface area (Å²) in [7, 11) is 1.58. The molecule has 1 unspecified atom stereocenters. The zero-order valence-electron chi connectivity index (χ0n) is 22.6. The van der Waals surface area contributed by atoms with E-state index in [2.05, 4.69) is 16.5 Å². The van der Waals surface area contributed by atoms with E-state index in [9.17, 15) is 14.7 Å². The lowest BCUT2D eigenvalue weighted by Crippen LogP contribution is -2.29.